The third-order valence-electron chi connectivity index (χ3n) is 2.34. The largest absolute Gasteiger partial charge is 0.311 e. The summed E-state index contributed by atoms with van der Waals surface area (Å²) in [5, 5.41) is 15.1. The van der Waals surface area contributed by atoms with Gasteiger partial charge in [0.05, 0.1) is 9.80 Å². The quantitative estimate of drug-likeness (QED) is 0.535. The minimum atomic E-state index is -0.625. The standard InChI is InChI=1S/C11H8ClN3O3S/c1-6-4-5-19-9(6)11(16)14-10-7(15(17)18)2-3-8(12)13-10/h2-5H,1H3,(H,13,14,16). The second kappa shape index (κ2) is 5.33. The van der Waals surface area contributed by atoms with Gasteiger partial charge in [0.15, 0.2) is 0 Å². The lowest BCUT2D eigenvalue weighted by atomic mass is 10.3. The molecule has 1 amide bonds. The Morgan fingerprint density at radius 3 is 2.79 bits per heavy atom. The fourth-order valence-electron chi connectivity index (χ4n) is 1.44. The molecule has 0 aliphatic heterocycles. The minimum absolute atomic E-state index is 0.0730. The predicted octanol–water partition coefficient (Wildman–Crippen LogP) is 3.27. The topological polar surface area (TPSA) is 85.1 Å². The molecule has 0 aromatic carbocycles. The van der Waals surface area contributed by atoms with Crippen LogP contribution in [0.1, 0.15) is 15.2 Å². The van der Waals surface area contributed by atoms with Crippen molar-refractivity contribution in [2.24, 2.45) is 0 Å². The molecule has 2 aromatic heterocycles. The Kier molecular flexibility index (Phi) is 3.77. The second-order valence-electron chi connectivity index (χ2n) is 3.65. The van der Waals surface area contributed by atoms with Crippen molar-refractivity contribution in [2.45, 2.75) is 6.92 Å². The number of carbonyl (C=O) groups excluding carboxylic acids is 1. The van der Waals surface area contributed by atoms with Crippen molar-refractivity contribution in [3.63, 3.8) is 0 Å². The van der Waals surface area contributed by atoms with Gasteiger partial charge in [-0.05, 0) is 30.0 Å². The molecule has 0 spiro atoms. The van der Waals surface area contributed by atoms with Crippen molar-refractivity contribution in [2.75, 3.05) is 5.32 Å². The first-order valence-electron chi connectivity index (χ1n) is 5.15. The molecule has 0 radical (unpaired) electrons. The van der Waals surface area contributed by atoms with Crippen molar-refractivity contribution in [1.82, 2.24) is 4.98 Å². The Morgan fingerprint density at radius 1 is 1.47 bits per heavy atom. The number of hydrogen-bond donors (Lipinski definition) is 1. The number of nitrogens with one attached hydrogen (secondary N) is 1. The lowest BCUT2D eigenvalue weighted by Crippen LogP contribution is -2.14. The summed E-state index contributed by atoms with van der Waals surface area (Å²) in [5.41, 5.74) is 0.499. The number of nitrogens with zero attached hydrogens (tertiary/aromatic N) is 2. The van der Waals surface area contributed by atoms with Gasteiger partial charge in [-0.1, -0.05) is 11.6 Å². The fraction of sp³-hybridized carbons (Fsp3) is 0.0909. The van der Waals surface area contributed by atoms with E-state index in [0.29, 0.717) is 4.88 Å². The van der Waals surface area contributed by atoms with E-state index in [1.165, 1.54) is 23.5 Å². The van der Waals surface area contributed by atoms with E-state index < -0.39 is 10.8 Å². The highest BCUT2D eigenvalue weighted by Gasteiger charge is 2.20. The molecule has 0 bridgehead atoms. The summed E-state index contributed by atoms with van der Waals surface area (Å²) in [6.45, 7) is 1.78. The molecule has 0 fully saturated rings. The van der Waals surface area contributed by atoms with Crippen LogP contribution in [0.2, 0.25) is 5.15 Å². The molecule has 0 saturated heterocycles. The van der Waals surface area contributed by atoms with E-state index in [1.807, 2.05) is 0 Å². The molecule has 8 heteroatoms. The normalized spacial score (nSPS) is 10.2. The number of thiophene rings is 1. The van der Waals surface area contributed by atoms with E-state index >= 15 is 0 Å². The van der Waals surface area contributed by atoms with E-state index in [1.54, 1.807) is 18.4 Å². The van der Waals surface area contributed by atoms with Crippen LogP contribution in [0.4, 0.5) is 11.5 Å². The van der Waals surface area contributed by atoms with Crippen LogP contribution in [0.15, 0.2) is 23.6 Å². The lowest BCUT2D eigenvalue weighted by Gasteiger charge is -2.04. The molecule has 2 aromatic rings. The monoisotopic (exact) mass is 297 g/mol. The van der Waals surface area contributed by atoms with Crippen LogP contribution in [0.25, 0.3) is 0 Å². The summed E-state index contributed by atoms with van der Waals surface area (Å²) >= 11 is 6.93. The van der Waals surface area contributed by atoms with E-state index in [0.717, 1.165) is 5.56 Å². The Bertz CT molecular complexity index is 656. The average Bonchev–Trinajstić information content (AvgIpc) is 2.75. The highest BCUT2D eigenvalue weighted by atomic mass is 35.5. The van der Waals surface area contributed by atoms with Gasteiger partial charge in [-0.25, -0.2) is 4.98 Å². The molecule has 0 unspecified atom stereocenters. The zero-order valence-electron chi connectivity index (χ0n) is 9.71. The predicted molar refractivity (Wildman–Crippen MR) is 72.9 cm³/mol. The Balaban J connectivity index is 2.33. The molecule has 1 N–H and O–H groups in total. The molecule has 0 atom stereocenters. The van der Waals surface area contributed by atoms with Crippen LogP contribution in [-0.2, 0) is 0 Å². The summed E-state index contributed by atoms with van der Waals surface area (Å²) in [7, 11) is 0. The fourth-order valence-corrected chi connectivity index (χ4v) is 2.40. The number of pyridine rings is 1. The van der Waals surface area contributed by atoms with Gasteiger partial charge < -0.3 is 5.32 Å². The zero-order valence-corrected chi connectivity index (χ0v) is 11.3. The van der Waals surface area contributed by atoms with Crippen LogP contribution in [0.5, 0.6) is 0 Å². The number of nitro groups is 1. The first-order valence-corrected chi connectivity index (χ1v) is 6.41. The van der Waals surface area contributed by atoms with Crippen molar-refractivity contribution in [1.29, 1.82) is 0 Å². The van der Waals surface area contributed by atoms with Crippen LogP contribution in [-0.4, -0.2) is 15.8 Å². The van der Waals surface area contributed by atoms with Crippen molar-refractivity contribution >= 4 is 40.4 Å². The average molecular weight is 298 g/mol. The molecule has 19 heavy (non-hydrogen) atoms. The molecule has 2 rings (SSSR count). The SMILES string of the molecule is Cc1ccsc1C(=O)Nc1nc(Cl)ccc1[N+](=O)[O-]. The molecule has 0 aliphatic carbocycles. The third kappa shape index (κ3) is 2.88. The zero-order chi connectivity index (χ0) is 14.0. The number of aromatic nitrogens is 1. The van der Waals surface area contributed by atoms with Gasteiger partial charge in [-0.3, -0.25) is 14.9 Å². The molecular weight excluding hydrogens is 290 g/mol. The van der Waals surface area contributed by atoms with Gasteiger partial charge in [-0.2, -0.15) is 0 Å². The number of aryl methyl sites for hydroxylation is 1. The molecular formula is C11H8ClN3O3S. The maximum absolute atomic E-state index is 12.0. The van der Waals surface area contributed by atoms with E-state index in [4.69, 9.17) is 11.6 Å². The van der Waals surface area contributed by atoms with Crippen LogP contribution >= 0.6 is 22.9 Å². The molecule has 2 heterocycles. The summed E-state index contributed by atoms with van der Waals surface area (Å²) in [5.74, 6) is -0.597. The second-order valence-corrected chi connectivity index (χ2v) is 4.95. The Labute approximate surface area is 117 Å². The summed E-state index contributed by atoms with van der Waals surface area (Å²) in [6.07, 6.45) is 0. The van der Waals surface area contributed by atoms with Crippen molar-refractivity contribution in [3.05, 3.63) is 49.3 Å². The lowest BCUT2D eigenvalue weighted by molar-refractivity contribution is -0.384. The van der Waals surface area contributed by atoms with Gasteiger partial charge in [0, 0.05) is 6.07 Å². The van der Waals surface area contributed by atoms with E-state index in [-0.39, 0.29) is 16.7 Å². The number of hydrogen-bond acceptors (Lipinski definition) is 5. The Hall–Kier alpha value is -1.99. The number of anilines is 1. The van der Waals surface area contributed by atoms with Crippen LogP contribution < -0.4 is 5.32 Å². The molecule has 98 valence electrons. The van der Waals surface area contributed by atoms with Crippen molar-refractivity contribution in [3.8, 4) is 0 Å². The van der Waals surface area contributed by atoms with E-state index in [2.05, 4.69) is 10.3 Å². The summed E-state index contributed by atoms with van der Waals surface area (Å²) < 4.78 is 0. The highest BCUT2D eigenvalue weighted by molar-refractivity contribution is 7.12. The van der Waals surface area contributed by atoms with Gasteiger partial charge in [0.2, 0.25) is 5.82 Å². The highest BCUT2D eigenvalue weighted by Crippen LogP contribution is 2.25. The van der Waals surface area contributed by atoms with Crippen LogP contribution in [0, 0.1) is 17.0 Å². The van der Waals surface area contributed by atoms with Crippen molar-refractivity contribution < 1.29 is 9.72 Å². The number of amides is 1. The van der Waals surface area contributed by atoms with E-state index in [9.17, 15) is 14.9 Å². The maximum atomic E-state index is 12.0. The van der Waals surface area contributed by atoms with Gasteiger partial charge in [-0.15, -0.1) is 11.3 Å². The summed E-state index contributed by atoms with van der Waals surface area (Å²) in [4.78, 5) is 26.4. The third-order valence-corrected chi connectivity index (χ3v) is 3.56. The van der Waals surface area contributed by atoms with Crippen LogP contribution in [0.3, 0.4) is 0 Å². The number of halogens is 1. The molecule has 0 saturated carbocycles. The first-order chi connectivity index (χ1) is 8.99. The van der Waals surface area contributed by atoms with Gasteiger partial charge >= 0.3 is 5.69 Å². The maximum Gasteiger partial charge on any atom is 0.311 e. The molecule has 6 nitrogen and oxygen atoms in total. The van der Waals surface area contributed by atoms with Gasteiger partial charge in [0.25, 0.3) is 5.91 Å². The summed E-state index contributed by atoms with van der Waals surface area (Å²) in [6, 6.07) is 4.29. The number of rotatable bonds is 3. The Morgan fingerprint density at radius 2 is 2.21 bits per heavy atom. The smallest absolute Gasteiger partial charge is 0.300 e. The number of carbonyl (C=O) groups is 1. The molecule has 0 aliphatic rings. The first kappa shape index (κ1) is 13.4. The van der Waals surface area contributed by atoms with Gasteiger partial charge in [0.1, 0.15) is 5.15 Å². The minimum Gasteiger partial charge on any atom is -0.300 e.